The minimum atomic E-state index is -0.413. The van der Waals surface area contributed by atoms with Crippen LogP contribution in [0.3, 0.4) is 0 Å². The number of methoxy groups -OCH3 is 2. The van der Waals surface area contributed by atoms with E-state index in [1.807, 2.05) is 23.6 Å². The van der Waals surface area contributed by atoms with E-state index in [1.165, 1.54) is 18.4 Å². The van der Waals surface area contributed by atoms with Gasteiger partial charge in [0, 0.05) is 17.4 Å². The molecule has 7 heteroatoms. The van der Waals surface area contributed by atoms with Crippen molar-refractivity contribution < 1.29 is 19.1 Å². The molecule has 1 atom stereocenters. The van der Waals surface area contributed by atoms with Crippen molar-refractivity contribution in [2.45, 2.75) is 38.6 Å². The Labute approximate surface area is 175 Å². The van der Waals surface area contributed by atoms with Crippen LogP contribution in [0.5, 0.6) is 5.75 Å². The highest BCUT2D eigenvalue weighted by atomic mass is 32.1. The number of amides is 1. The molecule has 0 radical (unpaired) electrons. The molecule has 1 aromatic heterocycles. The summed E-state index contributed by atoms with van der Waals surface area (Å²) in [7, 11) is 2.95. The Morgan fingerprint density at radius 3 is 2.62 bits per heavy atom. The molecule has 0 saturated heterocycles. The zero-order valence-corrected chi connectivity index (χ0v) is 18.2. The maximum Gasteiger partial charge on any atom is 0.335 e. The van der Waals surface area contributed by atoms with Gasteiger partial charge >= 0.3 is 5.97 Å². The second-order valence-electron chi connectivity index (χ2n) is 8.03. The highest BCUT2D eigenvalue weighted by Gasteiger charge is 2.33. The van der Waals surface area contributed by atoms with Crippen molar-refractivity contribution in [2.24, 2.45) is 0 Å². The van der Waals surface area contributed by atoms with Crippen LogP contribution in [-0.4, -0.2) is 48.6 Å². The number of hydrogen-bond acceptors (Lipinski definition) is 6. The summed E-state index contributed by atoms with van der Waals surface area (Å²) in [6, 6.07) is 5.28. The smallest absolute Gasteiger partial charge is 0.335 e. The van der Waals surface area contributed by atoms with Crippen LogP contribution in [-0.2, 0) is 21.4 Å². The van der Waals surface area contributed by atoms with Gasteiger partial charge in [0.2, 0.25) is 0 Å². The first kappa shape index (κ1) is 21.0. The van der Waals surface area contributed by atoms with Crippen molar-refractivity contribution in [3.05, 3.63) is 57.6 Å². The zero-order chi connectivity index (χ0) is 21.2. The van der Waals surface area contributed by atoms with Crippen molar-refractivity contribution in [3.63, 3.8) is 0 Å². The van der Waals surface area contributed by atoms with Gasteiger partial charge in [-0.2, -0.15) is 0 Å². The van der Waals surface area contributed by atoms with E-state index in [4.69, 9.17) is 9.47 Å². The molecule has 0 spiro atoms. The highest BCUT2D eigenvalue weighted by molar-refractivity contribution is 7.07. The molecule has 0 fully saturated rings. The summed E-state index contributed by atoms with van der Waals surface area (Å²) < 4.78 is 10.4. The lowest BCUT2D eigenvalue weighted by atomic mass is 9.85. The molecule has 3 rings (SSSR count). The first-order chi connectivity index (χ1) is 13.7. The van der Waals surface area contributed by atoms with E-state index in [0.717, 1.165) is 11.3 Å². The lowest BCUT2D eigenvalue weighted by molar-refractivity contribution is -0.136. The molecule has 154 valence electrons. The Kier molecular flexibility index (Phi) is 6.07. The summed E-state index contributed by atoms with van der Waals surface area (Å²) in [5, 5.41) is 1.95. The van der Waals surface area contributed by atoms with Crippen molar-refractivity contribution in [2.75, 3.05) is 20.8 Å². The number of nitrogens with zero attached hydrogens (tertiary/aromatic N) is 2. The van der Waals surface area contributed by atoms with Gasteiger partial charge in [0.15, 0.2) is 0 Å². The number of ether oxygens (including phenoxy) is 2. The molecular formula is C22H26N2O4S. The van der Waals surface area contributed by atoms with Crippen LogP contribution < -0.4 is 4.74 Å². The van der Waals surface area contributed by atoms with E-state index in [-0.39, 0.29) is 23.9 Å². The summed E-state index contributed by atoms with van der Waals surface area (Å²) in [4.78, 5) is 31.4. The third kappa shape index (κ3) is 4.50. The molecule has 0 N–H and O–H groups in total. The molecule has 0 aliphatic carbocycles. The average molecular weight is 415 g/mol. The summed E-state index contributed by atoms with van der Waals surface area (Å²) >= 11 is 1.51. The normalized spacial score (nSPS) is 16.5. The summed E-state index contributed by atoms with van der Waals surface area (Å²) in [5.41, 5.74) is 4.59. The third-order valence-electron chi connectivity index (χ3n) is 5.00. The zero-order valence-electron chi connectivity index (χ0n) is 17.4. The van der Waals surface area contributed by atoms with E-state index in [0.29, 0.717) is 23.3 Å². The number of esters is 1. The second kappa shape index (κ2) is 8.37. The van der Waals surface area contributed by atoms with Crippen LogP contribution >= 0.6 is 11.3 Å². The fourth-order valence-corrected chi connectivity index (χ4v) is 4.06. The predicted molar refractivity (Wildman–Crippen MR) is 112 cm³/mol. The molecule has 0 bridgehead atoms. The fourth-order valence-electron chi connectivity index (χ4n) is 3.49. The Morgan fingerprint density at radius 1 is 1.28 bits per heavy atom. The second-order valence-corrected chi connectivity index (χ2v) is 8.75. The number of rotatable bonds is 5. The van der Waals surface area contributed by atoms with Gasteiger partial charge in [-0.1, -0.05) is 26.8 Å². The predicted octanol–water partition coefficient (Wildman–Crippen LogP) is 3.62. The molecule has 1 amide bonds. The molecule has 6 nitrogen and oxygen atoms in total. The van der Waals surface area contributed by atoms with E-state index in [9.17, 15) is 9.59 Å². The van der Waals surface area contributed by atoms with Crippen LogP contribution in [0.25, 0.3) is 0 Å². The molecule has 2 aromatic rings. The van der Waals surface area contributed by atoms with Crippen LogP contribution in [0.4, 0.5) is 0 Å². The third-order valence-corrected chi connectivity index (χ3v) is 5.64. The number of aromatic nitrogens is 1. The maximum absolute atomic E-state index is 13.3. The fraction of sp³-hybridized carbons (Fsp3) is 0.409. The minimum Gasteiger partial charge on any atom is -0.496 e. The van der Waals surface area contributed by atoms with Gasteiger partial charge in [-0.15, -0.1) is 11.3 Å². The molecule has 0 saturated carbocycles. The Morgan fingerprint density at radius 2 is 2.03 bits per heavy atom. The summed E-state index contributed by atoms with van der Waals surface area (Å²) in [6.45, 7) is 6.51. The SMILES string of the molecule is COC(=O)C1=CC(Cc2cscn2)N(C(=O)c2ccc(C(C)(C)C)c(OC)c2)C1. The average Bonchev–Trinajstić information content (AvgIpc) is 3.36. The van der Waals surface area contributed by atoms with Crippen LogP contribution in [0.2, 0.25) is 0 Å². The Hall–Kier alpha value is -2.67. The lowest BCUT2D eigenvalue weighted by Crippen LogP contribution is -2.38. The maximum atomic E-state index is 13.3. The van der Waals surface area contributed by atoms with Gasteiger partial charge in [-0.25, -0.2) is 9.78 Å². The van der Waals surface area contributed by atoms with E-state index < -0.39 is 5.97 Å². The van der Waals surface area contributed by atoms with Gasteiger partial charge in [0.25, 0.3) is 5.91 Å². The molecule has 29 heavy (non-hydrogen) atoms. The number of thiazole rings is 1. The van der Waals surface area contributed by atoms with Crippen molar-refractivity contribution in [1.82, 2.24) is 9.88 Å². The molecule has 1 aliphatic rings. The Bertz CT molecular complexity index is 929. The number of carbonyl (C=O) groups is 2. The minimum absolute atomic E-state index is 0.104. The number of carbonyl (C=O) groups excluding carboxylic acids is 2. The quantitative estimate of drug-likeness (QED) is 0.699. The molecular weight excluding hydrogens is 388 g/mol. The monoisotopic (exact) mass is 414 g/mol. The lowest BCUT2D eigenvalue weighted by Gasteiger charge is -2.26. The Balaban J connectivity index is 1.91. The van der Waals surface area contributed by atoms with Crippen molar-refractivity contribution in [1.29, 1.82) is 0 Å². The highest BCUT2D eigenvalue weighted by Crippen LogP contribution is 2.33. The standard InChI is InChI=1S/C22H26N2O4S/c1-22(2,3)18-7-6-14(9-19(18)27-4)20(25)24-11-15(21(26)28-5)8-17(24)10-16-12-29-13-23-16/h6-9,12-13,17H,10-11H2,1-5H3. The van der Waals surface area contributed by atoms with Crippen LogP contribution in [0, 0.1) is 0 Å². The summed E-state index contributed by atoms with van der Waals surface area (Å²) in [5.74, 6) is 0.114. The van der Waals surface area contributed by atoms with E-state index >= 15 is 0 Å². The first-order valence-corrected chi connectivity index (χ1v) is 10.3. The van der Waals surface area contributed by atoms with Gasteiger partial charge in [-0.05, 0) is 29.2 Å². The van der Waals surface area contributed by atoms with Gasteiger partial charge in [0.1, 0.15) is 5.75 Å². The van der Waals surface area contributed by atoms with Crippen LogP contribution in [0.1, 0.15) is 42.4 Å². The number of benzene rings is 1. The largest absolute Gasteiger partial charge is 0.496 e. The van der Waals surface area contributed by atoms with Crippen molar-refractivity contribution in [3.8, 4) is 5.75 Å². The van der Waals surface area contributed by atoms with E-state index in [1.54, 1.807) is 23.6 Å². The van der Waals surface area contributed by atoms with Gasteiger partial charge in [0.05, 0.1) is 43.6 Å². The van der Waals surface area contributed by atoms with Gasteiger partial charge < -0.3 is 14.4 Å². The van der Waals surface area contributed by atoms with Crippen molar-refractivity contribution >= 4 is 23.2 Å². The topological polar surface area (TPSA) is 68.7 Å². The molecule has 1 unspecified atom stereocenters. The molecule has 2 heterocycles. The molecule has 1 aliphatic heterocycles. The van der Waals surface area contributed by atoms with Gasteiger partial charge in [-0.3, -0.25) is 4.79 Å². The van der Waals surface area contributed by atoms with Crippen LogP contribution in [0.15, 0.2) is 40.7 Å². The first-order valence-electron chi connectivity index (χ1n) is 9.40. The van der Waals surface area contributed by atoms with E-state index in [2.05, 4.69) is 25.8 Å². The summed E-state index contributed by atoms with van der Waals surface area (Å²) in [6.07, 6.45) is 2.36. The number of hydrogen-bond donors (Lipinski definition) is 0. The molecule has 1 aromatic carbocycles.